The molecule has 7 nitrogen and oxygen atoms in total. The zero-order valence-corrected chi connectivity index (χ0v) is 19.1. The van der Waals surface area contributed by atoms with Gasteiger partial charge in [-0.15, -0.1) is 24.8 Å². The largest absolute Gasteiger partial charge is 0.320 e. The molecule has 0 saturated carbocycles. The Morgan fingerprint density at radius 2 is 1.79 bits per heavy atom. The van der Waals surface area contributed by atoms with Gasteiger partial charge in [0.1, 0.15) is 16.6 Å². The van der Waals surface area contributed by atoms with Crippen LogP contribution in [0.3, 0.4) is 0 Å². The third kappa shape index (κ3) is 4.83. The quantitative estimate of drug-likeness (QED) is 0.308. The highest BCUT2D eigenvalue weighted by atomic mass is 35.5. The summed E-state index contributed by atoms with van der Waals surface area (Å²) in [6.07, 6.45) is 8.50. The number of benzene rings is 1. The number of pyridine rings is 2. The minimum atomic E-state index is -0.641. The predicted molar refractivity (Wildman–Crippen MR) is 130 cm³/mol. The summed E-state index contributed by atoms with van der Waals surface area (Å²) in [5, 5.41) is 9.67. The lowest BCUT2D eigenvalue weighted by Gasteiger charge is -2.08. The van der Waals surface area contributed by atoms with Crippen LogP contribution in [0.4, 0.5) is 10.1 Å². The van der Waals surface area contributed by atoms with Crippen LogP contribution in [0, 0.1) is 5.82 Å². The molecule has 0 spiro atoms. The van der Waals surface area contributed by atoms with Crippen LogP contribution in [-0.4, -0.2) is 30.5 Å². The van der Waals surface area contributed by atoms with Gasteiger partial charge < -0.3 is 5.32 Å². The molecule has 0 aliphatic carbocycles. The molecule has 4 heterocycles. The number of fused-ring (bicyclic) bond motifs is 1. The van der Waals surface area contributed by atoms with E-state index in [1.807, 2.05) is 22.7 Å². The fourth-order valence-electron chi connectivity index (χ4n) is 3.28. The number of aromatic nitrogens is 5. The standard InChI is InChI=1S/C22H14ClFN6O.2ClH/c23-20-5-3-16(10-25-20)29-22(31)17-4-1-13(7-18(17)24)19-11-26-21-6-2-14(12-30(19)21)15-8-27-28-9-15;;/h1-12H,(H,27,28)(H,29,31);2*1H. The SMILES string of the molecule is Cl.Cl.O=C(Nc1ccc(Cl)nc1)c1ccc(-c2cnc3ccc(-c4cn[nH]c4)cn23)cc1F. The number of nitrogens with zero attached hydrogens (tertiary/aromatic N) is 4. The average Bonchev–Trinajstić information content (AvgIpc) is 3.45. The van der Waals surface area contributed by atoms with Crippen molar-refractivity contribution >= 4 is 53.7 Å². The first kappa shape index (κ1) is 24.2. The molecule has 4 aromatic heterocycles. The van der Waals surface area contributed by atoms with Crippen LogP contribution in [0.25, 0.3) is 28.0 Å². The summed E-state index contributed by atoms with van der Waals surface area (Å²) in [5.41, 5.74) is 4.23. The molecule has 0 aliphatic heterocycles. The molecule has 33 heavy (non-hydrogen) atoms. The second-order valence-electron chi connectivity index (χ2n) is 6.79. The number of carbonyl (C=O) groups excluding carboxylic acids is 1. The van der Waals surface area contributed by atoms with Crippen molar-refractivity contribution in [3.63, 3.8) is 0 Å². The van der Waals surface area contributed by atoms with Gasteiger partial charge in [0.25, 0.3) is 5.91 Å². The van der Waals surface area contributed by atoms with Gasteiger partial charge in [0.05, 0.1) is 35.5 Å². The van der Waals surface area contributed by atoms with E-state index >= 15 is 0 Å². The van der Waals surface area contributed by atoms with Gasteiger partial charge >= 0.3 is 0 Å². The van der Waals surface area contributed by atoms with Crippen LogP contribution in [0.15, 0.2) is 73.4 Å². The minimum absolute atomic E-state index is 0. The maximum Gasteiger partial charge on any atom is 0.258 e. The summed E-state index contributed by atoms with van der Waals surface area (Å²) < 4.78 is 16.7. The van der Waals surface area contributed by atoms with Crippen molar-refractivity contribution in [1.82, 2.24) is 24.6 Å². The van der Waals surface area contributed by atoms with Gasteiger partial charge in [0.15, 0.2) is 0 Å². The van der Waals surface area contributed by atoms with Crippen LogP contribution < -0.4 is 5.32 Å². The van der Waals surface area contributed by atoms with Gasteiger partial charge in [-0.25, -0.2) is 14.4 Å². The second-order valence-corrected chi connectivity index (χ2v) is 7.18. The molecule has 0 atom stereocenters. The van der Waals surface area contributed by atoms with Gasteiger partial charge in [-0.2, -0.15) is 5.10 Å². The molecular formula is C22H16Cl3FN6O. The highest BCUT2D eigenvalue weighted by molar-refractivity contribution is 6.29. The van der Waals surface area contributed by atoms with Crippen molar-refractivity contribution in [1.29, 1.82) is 0 Å². The maximum atomic E-state index is 14.8. The lowest BCUT2D eigenvalue weighted by Crippen LogP contribution is -2.14. The molecule has 1 amide bonds. The molecule has 5 rings (SSSR count). The van der Waals surface area contributed by atoms with Gasteiger partial charge in [-0.1, -0.05) is 17.7 Å². The Bertz CT molecular complexity index is 1400. The van der Waals surface area contributed by atoms with Crippen molar-refractivity contribution in [2.24, 2.45) is 0 Å². The highest BCUT2D eigenvalue weighted by Gasteiger charge is 2.15. The highest BCUT2D eigenvalue weighted by Crippen LogP contribution is 2.26. The normalized spacial score (nSPS) is 10.4. The summed E-state index contributed by atoms with van der Waals surface area (Å²) >= 11 is 5.74. The van der Waals surface area contributed by atoms with Crippen LogP contribution in [-0.2, 0) is 0 Å². The first-order valence-corrected chi connectivity index (χ1v) is 9.65. The molecule has 0 aliphatic rings. The predicted octanol–water partition coefficient (Wildman–Crippen LogP) is 5.67. The summed E-state index contributed by atoms with van der Waals surface area (Å²) in [4.78, 5) is 20.7. The summed E-state index contributed by atoms with van der Waals surface area (Å²) in [5.74, 6) is -1.22. The van der Waals surface area contributed by atoms with E-state index in [0.717, 1.165) is 16.8 Å². The molecule has 0 bridgehead atoms. The number of anilines is 1. The average molecular weight is 506 g/mol. The van der Waals surface area contributed by atoms with Crippen molar-refractivity contribution in [3.05, 3.63) is 90.0 Å². The number of carbonyl (C=O) groups is 1. The molecule has 0 unspecified atom stereocenters. The van der Waals surface area contributed by atoms with Gasteiger partial charge in [0, 0.05) is 29.1 Å². The Hall–Kier alpha value is -3.46. The second kappa shape index (κ2) is 9.99. The third-order valence-corrected chi connectivity index (χ3v) is 5.06. The first-order valence-electron chi connectivity index (χ1n) is 9.27. The Kier molecular flexibility index (Phi) is 7.33. The van der Waals surface area contributed by atoms with E-state index < -0.39 is 11.7 Å². The van der Waals surface area contributed by atoms with E-state index in [1.165, 1.54) is 18.3 Å². The number of amides is 1. The minimum Gasteiger partial charge on any atom is -0.320 e. The zero-order valence-electron chi connectivity index (χ0n) is 16.7. The number of imidazole rings is 1. The molecule has 1 aromatic carbocycles. The van der Waals surface area contributed by atoms with E-state index in [1.54, 1.807) is 36.8 Å². The number of H-pyrrole nitrogens is 1. The number of nitrogens with one attached hydrogen (secondary N) is 2. The fraction of sp³-hybridized carbons (Fsp3) is 0. The number of rotatable bonds is 4. The van der Waals surface area contributed by atoms with Crippen LogP contribution in [0.1, 0.15) is 10.4 Å². The van der Waals surface area contributed by atoms with Crippen molar-refractivity contribution in [2.45, 2.75) is 0 Å². The molecular weight excluding hydrogens is 490 g/mol. The maximum absolute atomic E-state index is 14.8. The van der Waals surface area contributed by atoms with Crippen LogP contribution in [0.2, 0.25) is 5.15 Å². The fourth-order valence-corrected chi connectivity index (χ4v) is 3.39. The molecule has 2 N–H and O–H groups in total. The molecule has 5 aromatic rings. The molecule has 0 radical (unpaired) electrons. The van der Waals surface area contributed by atoms with Crippen LogP contribution in [0.5, 0.6) is 0 Å². The van der Waals surface area contributed by atoms with Crippen molar-refractivity contribution in [2.75, 3.05) is 5.32 Å². The Morgan fingerprint density at radius 3 is 2.48 bits per heavy atom. The summed E-state index contributed by atoms with van der Waals surface area (Å²) in [7, 11) is 0. The van der Waals surface area contributed by atoms with E-state index in [9.17, 15) is 9.18 Å². The zero-order chi connectivity index (χ0) is 21.4. The van der Waals surface area contributed by atoms with Gasteiger partial charge in [-0.3, -0.25) is 14.3 Å². The van der Waals surface area contributed by atoms with E-state index in [2.05, 4.69) is 25.5 Å². The van der Waals surface area contributed by atoms with Crippen LogP contribution >= 0.6 is 36.4 Å². The van der Waals surface area contributed by atoms with Crippen molar-refractivity contribution in [3.8, 4) is 22.4 Å². The molecule has 168 valence electrons. The lowest BCUT2D eigenvalue weighted by atomic mass is 10.1. The number of aromatic amines is 1. The number of hydrogen-bond acceptors (Lipinski definition) is 4. The lowest BCUT2D eigenvalue weighted by molar-refractivity contribution is 0.102. The number of halogens is 4. The van der Waals surface area contributed by atoms with Gasteiger partial charge in [-0.05, 0) is 36.4 Å². The van der Waals surface area contributed by atoms with Crippen molar-refractivity contribution < 1.29 is 9.18 Å². The van der Waals surface area contributed by atoms with E-state index in [4.69, 9.17) is 11.6 Å². The number of hydrogen-bond donors (Lipinski definition) is 2. The topological polar surface area (TPSA) is 88.0 Å². The Balaban J connectivity index is 0.00000153. The summed E-state index contributed by atoms with van der Waals surface area (Å²) in [6.45, 7) is 0. The van der Waals surface area contributed by atoms with Gasteiger partial charge in [0.2, 0.25) is 0 Å². The van der Waals surface area contributed by atoms with E-state index in [-0.39, 0.29) is 30.4 Å². The molecule has 0 fully saturated rings. The smallest absolute Gasteiger partial charge is 0.258 e. The third-order valence-electron chi connectivity index (χ3n) is 4.83. The Morgan fingerprint density at radius 1 is 0.970 bits per heavy atom. The summed E-state index contributed by atoms with van der Waals surface area (Å²) in [6, 6.07) is 11.4. The molecule has 11 heteroatoms. The van der Waals surface area contributed by atoms with E-state index in [0.29, 0.717) is 22.1 Å². The first-order chi connectivity index (χ1) is 15.1. The Labute approximate surface area is 204 Å². The monoisotopic (exact) mass is 504 g/mol. The molecule has 0 saturated heterocycles.